The predicted octanol–water partition coefficient (Wildman–Crippen LogP) is 3.96. The summed E-state index contributed by atoms with van der Waals surface area (Å²) in [4.78, 5) is 0. The Morgan fingerprint density at radius 3 is 2.67 bits per heavy atom. The molecule has 0 N–H and O–H groups in total. The second-order valence-electron chi connectivity index (χ2n) is 3.39. The average Bonchev–Trinajstić information content (AvgIpc) is 2.78. The van der Waals surface area contributed by atoms with Crippen LogP contribution in [0.2, 0.25) is 0 Å². The van der Waals surface area contributed by atoms with Gasteiger partial charge in [-0.05, 0) is 18.4 Å². The van der Waals surface area contributed by atoms with E-state index in [9.17, 15) is 0 Å². The maximum Gasteiger partial charge on any atom is 0.231 e. The van der Waals surface area contributed by atoms with Gasteiger partial charge in [-0.2, -0.15) is 0 Å². The number of hydrogen-bond donors (Lipinski definition) is 0. The van der Waals surface area contributed by atoms with Crippen LogP contribution in [0.3, 0.4) is 0 Å². The minimum Gasteiger partial charge on any atom is -0.454 e. The molecule has 1 atom stereocenters. The fourth-order valence-electron chi connectivity index (χ4n) is 1.56. The Labute approximate surface area is 92.2 Å². The molecule has 84 valence electrons. The molecule has 1 aromatic carbocycles. The first-order chi connectivity index (χ1) is 7.33. The fraction of sp³-hybridized carbons (Fsp3) is 0.538. The van der Waals surface area contributed by atoms with E-state index in [2.05, 4.69) is 19.9 Å². The third kappa shape index (κ3) is 2.44. The van der Waals surface area contributed by atoms with Crippen LogP contribution in [0.25, 0.3) is 0 Å². The molecule has 1 aliphatic rings. The highest BCUT2D eigenvalue weighted by Gasteiger charge is 2.19. The Morgan fingerprint density at radius 1 is 1.27 bits per heavy atom. The van der Waals surface area contributed by atoms with Gasteiger partial charge in [0.05, 0.1) is 0 Å². The zero-order valence-corrected chi connectivity index (χ0v) is 10.0. The van der Waals surface area contributed by atoms with Crippen molar-refractivity contribution in [2.45, 2.75) is 40.0 Å². The van der Waals surface area contributed by atoms with E-state index >= 15 is 0 Å². The molecule has 0 aromatic heterocycles. The Balaban J connectivity index is 0.000000531. The number of benzene rings is 1. The number of rotatable bonds is 2. The van der Waals surface area contributed by atoms with Crippen molar-refractivity contribution in [3.63, 3.8) is 0 Å². The van der Waals surface area contributed by atoms with Crippen molar-refractivity contribution in [2.75, 3.05) is 6.79 Å². The molecule has 0 saturated heterocycles. The molecular formula is C13H20O2. The van der Waals surface area contributed by atoms with Gasteiger partial charge in [0.1, 0.15) is 0 Å². The lowest BCUT2D eigenvalue weighted by atomic mass is 9.97. The van der Waals surface area contributed by atoms with Crippen LogP contribution in [0.5, 0.6) is 11.5 Å². The Kier molecular flexibility index (Phi) is 4.47. The van der Waals surface area contributed by atoms with E-state index in [0.29, 0.717) is 12.7 Å². The molecule has 0 saturated carbocycles. The summed E-state index contributed by atoms with van der Waals surface area (Å²) < 4.78 is 10.7. The van der Waals surface area contributed by atoms with E-state index in [4.69, 9.17) is 9.47 Å². The average molecular weight is 208 g/mol. The van der Waals surface area contributed by atoms with Crippen molar-refractivity contribution in [3.8, 4) is 11.5 Å². The molecule has 1 unspecified atom stereocenters. The van der Waals surface area contributed by atoms with E-state index in [1.165, 1.54) is 5.56 Å². The van der Waals surface area contributed by atoms with Crippen molar-refractivity contribution in [2.24, 2.45) is 0 Å². The largest absolute Gasteiger partial charge is 0.454 e. The Morgan fingerprint density at radius 2 is 2.00 bits per heavy atom. The second kappa shape index (κ2) is 5.64. The van der Waals surface area contributed by atoms with Crippen LogP contribution >= 0.6 is 0 Å². The van der Waals surface area contributed by atoms with E-state index < -0.39 is 0 Å². The molecule has 15 heavy (non-hydrogen) atoms. The van der Waals surface area contributed by atoms with Crippen molar-refractivity contribution >= 4 is 0 Å². The fourth-order valence-corrected chi connectivity index (χ4v) is 1.56. The van der Waals surface area contributed by atoms with Gasteiger partial charge in [0.15, 0.2) is 11.5 Å². The molecule has 2 heteroatoms. The smallest absolute Gasteiger partial charge is 0.231 e. The van der Waals surface area contributed by atoms with Crippen LogP contribution in [0.1, 0.15) is 45.6 Å². The highest BCUT2D eigenvalue weighted by atomic mass is 16.7. The minimum absolute atomic E-state index is 0.364. The first kappa shape index (κ1) is 11.9. The molecule has 0 fully saturated rings. The van der Waals surface area contributed by atoms with Gasteiger partial charge < -0.3 is 9.47 Å². The highest BCUT2D eigenvalue weighted by Crippen LogP contribution is 2.39. The van der Waals surface area contributed by atoms with Crippen molar-refractivity contribution in [1.82, 2.24) is 0 Å². The van der Waals surface area contributed by atoms with E-state index in [0.717, 1.165) is 17.9 Å². The zero-order chi connectivity index (χ0) is 11.3. The Hall–Kier alpha value is -1.18. The molecule has 0 aliphatic carbocycles. The maximum absolute atomic E-state index is 5.43. The van der Waals surface area contributed by atoms with Crippen LogP contribution in [0.4, 0.5) is 0 Å². The normalized spacial score (nSPS) is 14.1. The summed E-state index contributed by atoms with van der Waals surface area (Å²) in [5.41, 5.74) is 1.26. The molecule has 1 heterocycles. The monoisotopic (exact) mass is 208 g/mol. The number of hydrogen-bond acceptors (Lipinski definition) is 2. The van der Waals surface area contributed by atoms with E-state index in [1.54, 1.807) is 0 Å². The molecular weight excluding hydrogens is 188 g/mol. The van der Waals surface area contributed by atoms with Gasteiger partial charge in [-0.3, -0.25) is 0 Å². The van der Waals surface area contributed by atoms with Crippen LogP contribution in [0.15, 0.2) is 18.2 Å². The van der Waals surface area contributed by atoms with Gasteiger partial charge in [-0.1, -0.05) is 39.8 Å². The highest BCUT2D eigenvalue weighted by molar-refractivity contribution is 5.49. The Bertz CT molecular complexity index is 307. The SMILES string of the molecule is CC.CCC(C)c1cccc2c1OCO2. The van der Waals surface area contributed by atoms with E-state index in [-0.39, 0.29) is 0 Å². The zero-order valence-electron chi connectivity index (χ0n) is 10.0. The lowest BCUT2D eigenvalue weighted by molar-refractivity contribution is 0.173. The molecule has 0 spiro atoms. The predicted molar refractivity (Wildman–Crippen MR) is 62.6 cm³/mol. The molecule has 2 nitrogen and oxygen atoms in total. The summed E-state index contributed by atoms with van der Waals surface area (Å²) in [6.07, 6.45) is 1.12. The second-order valence-corrected chi connectivity index (χ2v) is 3.39. The maximum atomic E-state index is 5.43. The standard InChI is InChI=1S/C11H14O2.C2H6/c1-3-8(2)9-5-4-6-10-11(9)13-7-12-10;1-2/h4-6,8H,3,7H2,1-2H3;1-2H3. The van der Waals surface area contributed by atoms with Gasteiger partial charge in [-0.25, -0.2) is 0 Å². The van der Waals surface area contributed by atoms with Gasteiger partial charge >= 0.3 is 0 Å². The number of ether oxygens (including phenoxy) is 2. The molecule has 0 amide bonds. The van der Waals surface area contributed by atoms with Crippen molar-refractivity contribution in [1.29, 1.82) is 0 Å². The summed E-state index contributed by atoms with van der Waals surface area (Å²) in [7, 11) is 0. The van der Waals surface area contributed by atoms with Gasteiger partial charge in [0, 0.05) is 5.56 Å². The van der Waals surface area contributed by atoms with Crippen LogP contribution in [-0.2, 0) is 0 Å². The van der Waals surface area contributed by atoms with Crippen LogP contribution in [0, 0.1) is 0 Å². The summed E-state index contributed by atoms with van der Waals surface area (Å²) in [5.74, 6) is 2.37. The van der Waals surface area contributed by atoms with Crippen LogP contribution in [-0.4, -0.2) is 6.79 Å². The molecule has 1 aliphatic heterocycles. The van der Waals surface area contributed by atoms with Crippen molar-refractivity contribution in [3.05, 3.63) is 23.8 Å². The minimum atomic E-state index is 0.364. The summed E-state index contributed by atoms with van der Waals surface area (Å²) in [5, 5.41) is 0. The van der Waals surface area contributed by atoms with Gasteiger partial charge in [0.2, 0.25) is 6.79 Å². The molecule has 0 radical (unpaired) electrons. The van der Waals surface area contributed by atoms with Gasteiger partial charge in [0.25, 0.3) is 0 Å². The summed E-state index contributed by atoms with van der Waals surface area (Å²) >= 11 is 0. The third-order valence-corrected chi connectivity index (χ3v) is 2.57. The topological polar surface area (TPSA) is 18.5 Å². The first-order valence-corrected chi connectivity index (χ1v) is 5.71. The first-order valence-electron chi connectivity index (χ1n) is 5.71. The quantitative estimate of drug-likeness (QED) is 0.732. The van der Waals surface area contributed by atoms with E-state index in [1.807, 2.05) is 26.0 Å². The number of fused-ring (bicyclic) bond motifs is 1. The van der Waals surface area contributed by atoms with Gasteiger partial charge in [-0.15, -0.1) is 0 Å². The van der Waals surface area contributed by atoms with Crippen molar-refractivity contribution < 1.29 is 9.47 Å². The molecule has 2 rings (SSSR count). The molecule has 1 aromatic rings. The van der Waals surface area contributed by atoms with Crippen LogP contribution < -0.4 is 9.47 Å². The lowest BCUT2D eigenvalue weighted by Crippen LogP contribution is -1.96. The lowest BCUT2D eigenvalue weighted by Gasteiger charge is -2.11. The molecule has 0 bridgehead atoms. The summed E-state index contributed by atoms with van der Waals surface area (Å²) in [6.45, 7) is 8.75. The third-order valence-electron chi connectivity index (χ3n) is 2.57. The summed E-state index contributed by atoms with van der Waals surface area (Å²) in [6, 6.07) is 6.09. The number of para-hydroxylation sites is 1.